The Morgan fingerprint density at radius 2 is 1.13 bits per heavy atom. The third kappa shape index (κ3) is 11.1. The molecule has 0 unspecified atom stereocenters. The third-order valence-corrected chi connectivity index (χ3v) is 7.72. The third-order valence-electron chi connectivity index (χ3n) is 7.72. The second-order valence-corrected chi connectivity index (χ2v) is 17.1. The summed E-state index contributed by atoms with van der Waals surface area (Å²) in [4.78, 5) is 69.4. The molecular weight excluding hydrogens is 672 g/mol. The van der Waals surface area contributed by atoms with Gasteiger partial charge in [0.25, 0.3) is 0 Å². The average molecular weight is 729 g/mol. The zero-order valence-electron chi connectivity index (χ0n) is 32.8. The molecule has 1 aromatic heterocycles. The van der Waals surface area contributed by atoms with Crippen molar-refractivity contribution in [2.45, 2.75) is 118 Å². The van der Waals surface area contributed by atoms with Crippen LogP contribution < -0.4 is 14.7 Å². The fourth-order valence-electron chi connectivity index (χ4n) is 5.47. The standard InChI is InChI=1S/C37H56N6O9/c1-34(2,3)49-30(44)42(31(45)50-35(4,5)6)28-27(41-18-16-40(17-19-41)26-15-13-14-24(20-26)25-22-48-23-25)21-38-29(39-28)43(32(46)51-36(7,8)9)33(47)52-37(10,11)12/h15,20-21,25H,13-14,16-19,22-23H2,1-12H3. The van der Waals surface area contributed by atoms with Crippen LogP contribution in [0.5, 0.6) is 0 Å². The first kappa shape index (κ1) is 40.4. The molecule has 1 aromatic rings. The quantitative estimate of drug-likeness (QED) is 0.281. The van der Waals surface area contributed by atoms with Gasteiger partial charge in [0.15, 0.2) is 5.82 Å². The normalized spacial score (nSPS) is 17.3. The number of nitrogens with zero attached hydrogens (tertiary/aromatic N) is 6. The molecule has 0 atom stereocenters. The smallest absolute Gasteiger partial charge is 0.427 e. The molecular formula is C37H56N6O9. The molecule has 288 valence electrons. The summed E-state index contributed by atoms with van der Waals surface area (Å²) in [5.74, 6) is -0.262. The first-order valence-electron chi connectivity index (χ1n) is 17.8. The van der Waals surface area contributed by atoms with Gasteiger partial charge in [-0.25, -0.2) is 24.2 Å². The lowest BCUT2D eigenvalue weighted by atomic mass is 9.89. The zero-order chi connectivity index (χ0) is 38.8. The number of allylic oxidation sites excluding steroid dienone is 2. The van der Waals surface area contributed by atoms with Crippen LogP contribution in [0.3, 0.4) is 0 Å². The van der Waals surface area contributed by atoms with Gasteiger partial charge in [0.1, 0.15) is 28.1 Å². The second-order valence-electron chi connectivity index (χ2n) is 17.1. The molecule has 0 spiro atoms. The average Bonchev–Trinajstić information content (AvgIpc) is 2.93. The SMILES string of the molecule is CC(C)(C)OC(=O)N(C(=O)OC(C)(C)C)c1ncc(N2CCN(C3=CCCC(C4COC4)=C3)CC2)c(N(C(=O)OC(C)(C)C)C(=O)OC(C)(C)C)n1. The van der Waals surface area contributed by atoms with Crippen molar-refractivity contribution in [3.05, 3.63) is 29.6 Å². The van der Waals surface area contributed by atoms with Gasteiger partial charge < -0.3 is 33.5 Å². The minimum absolute atomic E-state index is 0.247. The van der Waals surface area contributed by atoms with Gasteiger partial charge in [-0.3, -0.25) is 0 Å². The van der Waals surface area contributed by atoms with Crippen molar-refractivity contribution < 1.29 is 42.9 Å². The van der Waals surface area contributed by atoms with E-state index in [1.165, 1.54) is 11.8 Å². The van der Waals surface area contributed by atoms with Gasteiger partial charge in [0.2, 0.25) is 5.95 Å². The van der Waals surface area contributed by atoms with Crippen molar-refractivity contribution in [1.29, 1.82) is 0 Å². The maximum atomic E-state index is 13.9. The molecule has 3 aliphatic rings. The van der Waals surface area contributed by atoms with Crippen molar-refractivity contribution in [3.63, 3.8) is 0 Å². The van der Waals surface area contributed by atoms with Crippen LogP contribution in [0.4, 0.5) is 36.6 Å². The fourth-order valence-corrected chi connectivity index (χ4v) is 5.47. The van der Waals surface area contributed by atoms with E-state index in [4.69, 9.17) is 23.7 Å². The summed E-state index contributed by atoms with van der Waals surface area (Å²) in [6.07, 6.45) is 3.50. The zero-order valence-corrected chi connectivity index (χ0v) is 32.8. The minimum Gasteiger partial charge on any atom is -0.443 e. The number of hydrogen-bond donors (Lipinski definition) is 0. The Balaban J connectivity index is 1.80. The monoisotopic (exact) mass is 728 g/mol. The van der Waals surface area contributed by atoms with Crippen molar-refractivity contribution >= 4 is 41.8 Å². The molecule has 4 amide bonds. The molecule has 1 aliphatic carbocycles. The Bertz CT molecular complexity index is 1510. The van der Waals surface area contributed by atoms with Gasteiger partial charge in [0.05, 0.1) is 19.4 Å². The number of hydrogen-bond acceptors (Lipinski definition) is 13. The number of ether oxygens (including phenoxy) is 5. The van der Waals surface area contributed by atoms with Gasteiger partial charge in [-0.05, 0) is 102 Å². The van der Waals surface area contributed by atoms with Crippen LogP contribution in [0.15, 0.2) is 29.6 Å². The molecule has 0 aromatic carbocycles. The molecule has 2 fully saturated rings. The summed E-state index contributed by atoms with van der Waals surface area (Å²) in [6, 6.07) is 0. The van der Waals surface area contributed by atoms with Crippen LogP contribution in [-0.2, 0) is 23.7 Å². The first-order chi connectivity index (χ1) is 23.9. The van der Waals surface area contributed by atoms with Crippen molar-refractivity contribution in [1.82, 2.24) is 14.9 Å². The maximum Gasteiger partial charge on any atom is 0.427 e. The van der Waals surface area contributed by atoms with Crippen LogP contribution in [0.25, 0.3) is 0 Å². The highest BCUT2D eigenvalue weighted by molar-refractivity contribution is 6.12. The largest absolute Gasteiger partial charge is 0.443 e. The molecule has 4 rings (SSSR count). The summed E-state index contributed by atoms with van der Waals surface area (Å²) in [5.41, 5.74) is -1.18. The molecule has 52 heavy (non-hydrogen) atoms. The molecule has 3 heterocycles. The van der Waals surface area contributed by atoms with Crippen LogP contribution in [0.2, 0.25) is 0 Å². The van der Waals surface area contributed by atoms with Crippen LogP contribution in [0.1, 0.15) is 95.9 Å². The molecule has 2 aliphatic heterocycles. The predicted octanol–water partition coefficient (Wildman–Crippen LogP) is 7.20. The lowest BCUT2D eigenvalue weighted by molar-refractivity contribution is -0.0149. The van der Waals surface area contributed by atoms with Crippen molar-refractivity contribution in [2.75, 3.05) is 54.1 Å². The number of carbonyl (C=O) groups is 4. The van der Waals surface area contributed by atoms with E-state index < -0.39 is 52.7 Å². The number of aromatic nitrogens is 2. The Kier molecular flexibility index (Phi) is 11.9. The minimum atomic E-state index is -1.11. The lowest BCUT2D eigenvalue weighted by Gasteiger charge is -2.40. The number of anilines is 3. The van der Waals surface area contributed by atoms with Crippen LogP contribution >= 0.6 is 0 Å². The highest BCUT2D eigenvalue weighted by Gasteiger charge is 2.40. The number of rotatable bonds is 5. The van der Waals surface area contributed by atoms with E-state index in [1.807, 2.05) is 4.90 Å². The summed E-state index contributed by atoms with van der Waals surface area (Å²) in [7, 11) is 0. The van der Waals surface area contributed by atoms with Gasteiger partial charge in [0, 0.05) is 37.8 Å². The van der Waals surface area contributed by atoms with E-state index in [-0.39, 0.29) is 11.5 Å². The van der Waals surface area contributed by atoms with E-state index >= 15 is 0 Å². The summed E-state index contributed by atoms with van der Waals surface area (Å²) in [5, 5.41) is 0. The Morgan fingerprint density at radius 1 is 0.692 bits per heavy atom. The first-order valence-corrected chi connectivity index (χ1v) is 17.8. The Labute approximate surface area is 307 Å². The summed E-state index contributed by atoms with van der Waals surface area (Å²) < 4.78 is 27.9. The number of imide groups is 2. The second kappa shape index (κ2) is 15.3. The van der Waals surface area contributed by atoms with Gasteiger partial charge in [-0.1, -0.05) is 11.6 Å². The Morgan fingerprint density at radius 3 is 1.56 bits per heavy atom. The lowest BCUT2D eigenvalue weighted by Crippen LogP contribution is -2.49. The van der Waals surface area contributed by atoms with Gasteiger partial charge >= 0.3 is 24.4 Å². The molecule has 0 bridgehead atoms. The van der Waals surface area contributed by atoms with E-state index in [0.717, 1.165) is 31.8 Å². The predicted molar refractivity (Wildman–Crippen MR) is 195 cm³/mol. The van der Waals surface area contributed by atoms with Crippen LogP contribution in [-0.4, -0.2) is 101 Å². The maximum absolute atomic E-state index is 13.9. The topological polar surface area (TPSA) is 153 Å². The molecule has 15 nitrogen and oxygen atoms in total. The summed E-state index contributed by atoms with van der Waals surface area (Å²) in [6.45, 7) is 23.5. The number of piperazine rings is 1. The highest BCUT2D eigenvalue weighted by Crippen LogP contribution is 2.35. The molecule has 2 saturated heterocycles. The van der Waals surface area contributed by atoms with Gasteiger partial charge in [-0.2, -0.15) is 9.88 Å². The molecule has 0 radical (unpaired) electrons. The van der Waals surface area contributed by atoms with Crippen molar-refractivity contribution in [2.24, 2.45) is 5.92 Å². The molecule has 0 N–H and O–H groups in total. The Hall–Kier alpha value is -4.40. The highest BCUT2D eigenvalue weighted by atomic mass is 16.6. The summed E-state index contributed by atoms with van der Waals surface area (Å²) >= 11 is 0. The van der Waals surface area contributed by atoms with Gasteiger partial charge in [-0.15, -0.1) is 4.90 Å². The number of carbonyl (C=O) groups excluding carboxylic acids is 4. The van der Waals surface area contributed by atoms with E-state index in [2.05, 4.69) is 27.0 Å². The molecule has 15 heteroatoms. The van der Waals surface area contributed by atoms with E-state index in [9.17, 15) is 19.2 Å². The van der Waals surface area contributed by atoms with E-state index in [0.29, 0.717) is 41.9 Å². The van der Waals surface area contributed by atoms with E-state index in [1.54, 1.807) is 83.1 Å². The van der Waals surface area contributed by atoms with Crippen LogP contribution in [0, 0.1) is 5.92 Å². The number of amides is 4. The van der Waals surface area contributed by atoms with Crippen molar-refractivity contribution in [3.8, 4) is 0 Å². The molecule has 0 saturated carbocycles. The fraction of sp³-hybridized carbons (Fsp3) is 0.676.